The van der Waals surface area contributed by atoms with E-state index < -0.39 is 0 Å². The van der Waals surface area contributed by atoms with Gasteiger partial charge in [-0.2, -0.15) is 4.98 Å². The highest BCUT2D eigenvalue weighted by molar-refractivity contribution is 5.75. The van der Waals surface area contributed by atoms with Crippen molar-refractivity contribution in [2.45, 2.75) is 25.0 Å². The third-order valence-corrected chi connectivity index (χ3v) is 5.53. The molecule has 1 atom stereocenters. The van der Waals surface area contributed by atoms with Crippen molar-refractivity contribution in [3.8, 4) is 0 Å². The minimum atomic E-state index is -0.293. The van der Waals surface area contributed by atoms with E-state index >= 15 is 0 Å². The third-order valence-electron chi connectivity index (χ3n) is 5.53. The van der Waals surface area contributed by atoms with Crippen LogP contribution < -0.4 is 10.2 Å². The number of benzene rings is 1. The van der Waals surface area contributed by atoms with Gasteiger partial charge in [-0.15, -0.1) is 0 Å². The summed E-state index contributed by atoms with van der Waals surface area (Å²) >= 11 is 0. The van der Waals surface area contributed by atoms with Crippen LogP contribution >= 0.6 is 0 Å². The number of aliphatic hydroxyl groups excluding tert-OH is 1. The molecule has 0 unspecified atom stereocenters. The van der Waals surface area contributed by atoms with Gasteiger partial charge in [0.05, 0.1) is 36.0 Å². The van der Waals surface area contributed by atoms with E-state index in [1.54, 1.807) is 0 Å². The number of β-amino-alcohol motifs (C(OH)–C–C–N with tert-alkyl or cyclic N) is 1. The number of fused-ring (bicyclic) bond motifs is 1. The topological polar surface area (TPSA) is 88.3 Å². The molecule has 3 aromatic rings. The number of nitrogens with zero attached hydrogens (tertiary/aromatic N) is 5. The predicted molar refractivity (Wildman–Crippen MR) is 106 cm³/mol. The van der Waals surface area contributed by atoms with E-state index in [1.165, 1.54) is 0 Å². The standard InChI is InChI=1S/C20H24N6O2/c1-25-17-5-3-2-4-15(17)22-19(25)9-21-18-8-16(13-6-7-28-12-13)23-20(24-18)26-10-14(27)11-26/h2-5,8,13-14,27H,6-7,9-12H2,1H3,(H,21,23,24)/t13-/m1/s1. The first-order chi connectivity index (χ1) is 13.7. The van der Waals surface area contributed by atoms with Crippen LogP contribution in [0.4, 0.5) is 11.8 Å². The second-order valence-electron chi connectivity index (χ2n) is 7.53. The molecule has 0 aliphatic carbocycles. The van der Waals surface area contributed by atoms with Crippen LogP contribution in [0.1, 0.15) is 23.9 Å². The van der Waals surface area contributed by atoms with Crippen LogP contribution in [0.15, 0.2) is 30.3 Å². The van der Waals surface area contributed by atoms with E-state index in [9.17, 15) is 5.11 Å². The second-order valence-corrected chi connectivity index (χ2v) is 7.53. The zero-order valence-corrected chi connectivity index (χ0v) is 15.9. The molecule has 2 N–H and O–H groups in total. The molecule has 2 saturated heterocycles. The normalized spacial score (nSPS) is 19.9. The molecule has 2 aromatic heterocycles. The Morgan fingerprint density at radius 1 is 1.21 bits per heavy atom. The largest absolute Gasteiger partial charge is 0.389 e. The van der Waals surface area contributed by atoms with Crippen LogP contribution in [0, 0.1) is 0 Å². The third kappa shape index (κ3) is 3.18. The average Bonchev–Trinajstić information content (AvgIpc) is 3.33. The van der Waals surface area contributed by atoms with Crippen LogP contribution in [-0.4, -0.2) is 57.0 Å². The van der Waals surface area contributed by atoms with Gasteiger partial charge in [-0.1, -0.05) is 12.1 Å². The summed E-state index contributed by atoms with van der Waals surface area (Å²) in [6, 6.07) is 10.1. The van der Waals surface area contributed by atoms with Crippen molar-refractivity contribution in [2.24, 2.45) is 7.05 Å². The van der Waals surface area contributed by atoms with E-state index in [2.05, 4.69) is 20.9 Å². The molecule has 2 aliphatic rings. The highest BCUT2D eigenvalue weighted by Crippen LogP contribution is 2.28. The molecular weight excluding hydrogens is 356 g/mol. The summed E-state index contributed by atoms with van der Waals surface area (Å²) in [4.78, 5) is 16.1. The maximum absolute atomic E-state index is 9.64. The van der Waals surface area contributed by atoms with Crippen molar-refractivity contribution >= 4 is 22.8 Å². The molecule has 1 aromatic carbocycles. The van der Waals surface area contributed by atoms with Gasteiger partial charge in [0, 0.05) is 38.7 Å². The molecule has 0 bridgehead atoms. The molecule has 2 aliphatic heterocycles. The zero-order chi connectivity index (χ0) is 19.1. The van der Waals surface area contributed by atoms with Crippen molar-refractivity contribution in [3.63, 3.8) is 0 Å². The Balaban J connectivity index is 1.40. The van der Waals surface area contributed by atoms with E-state index in [1.807, 2.05) is 36.2 Å². The number of para-hydroxylation sites is 2. The lowest BCUT2D eigenvalue weighted by molar-refractivity contribution is 0.140. The number of aryl methyl sites for hydroxylation is 1. The molecule has 4 heterocycles. The van der Waals surface area contributed by atoms with E-state index in [-0.39, 0.29) is 6.10 Å². The maximum Gasteiger partial charge on any atom is 0.227 e. The van der Waals surface area contributed by atoms with Crippen molar-refractivity contribution in [3.05, 3.63) is 41.9 Å². The minimum Gasteiger partial charge on any atom is -0.389 e. The van der Waals surface area contributed by atoms with Crippen molar-refractivity contribution in [1.82, 2.24) is 19.5 Å². The Bertz CT molecular complexity index is 992. The van der Waals surface area contributed by atoms with Gasteiger partial charge in [0.2, 0.25) is 5.95 Å². The Morgan fingerprint density at radius 2 is 2.07 bits per heavy atom. The van der Waals surface area contributed by atoms with Crippen LogP contribution in [0.3, 0.4) is 0 Å². The fourth-order valence-corrected chi connectivity index (χ4v) is 3.80. The van der Waals surface area contributed by atoms with Crippen molar-refractivity contribution in [1.29, 1.82) is 0 Å². The fourth-order valence-electron chi connectivity index (χ4n) is 3.80. The lowest BCUT2D eigenvalue weighted by Crippen LogP contribution is -2.51. The fraction of sp³-hybridized carbons (Fsp3) is 0.450. The van der Waals surface area contributed by atoms with Crippen molar-refractivity contribution < 1.29 is 9.84 Å². The van der Waals surface area contributed by atoms with Gasteiger partial charge in [-0.05, 0) is 18.6 Å². The number of nitrogens with one attached hydrogen (secondary N) is 1. The molecule has 5 rings (SSSR count). The van der Waals surface area contributed by atoms with Gasteiger partial charge in [-0.25, -0.2) is 9.97 Å². The zero-order valence-electron chi connectivity index (χ0n) is 15.9. The second kappa shape index (κ2) is 7.03. The predicted octanol–water partition coefficient (Wildman–Crippen LogP) is 1.66. The lowest BCUT2D eigenvalue weighted by Gasteiger charge is -2.36. The summed E-state index contributed by atoms with van der Waals surface area (Å²) in [5.41, 5.74) is 3.10. The monoisotopic (exact) mass is 380 g/mol. The molecule has 2 fully saturated rings. The van der Waals surface area contributed by atoms with Gasteiger partial charge in [0.15, 0.2) is 0 Å². The number of ether oxygens (including phenoxy) is 1. The summed E-state index contributed by atoms with van der Waals surface area (Å²) in [6.07, 6.45) is 0.682. The SMILES string of the molecule is Cn1c(CNc2cc([C@@H]3CCOC3)nc(N3CC(O)C3)n2)nc2ccccc21. The first kappa shape index (κ1) is 17.4. The Hall–Kier alpha value is -2.71. The first-order valence-corrected chi connectivity index (χ1v) is 9.71. The molecule has 146 valence electrons. The van der Waals surface area contributed by atoms with Gasteiger partial charge in [0.1, 0.15) is 11.6 Å². The summed E-state index contributed by atoms with van der Waals surface area (Å²) in [6.45, 7) is 3.20. The summed E-state index contributed by atoms with van der Waals surface area (Å²) < 4.78 is 7.64. The highest BCUT2D eigenvalue weighted by Gasteiger charge is 2.29. The van der Waals surface area contributed by atoms with Crippen molar-refractivity contribution in [2.75, 3.05) is 36.5 Å². The van der Waals surface area contributed by atoms with Gasteiger partial charge in [-0.3, -0.25) is 0 Å². The molecule has 0 saturated carbocycles. The van der Waals surface area contributed by atoms with E-state index in [0.717, 1.165) is 41.4 Å². The van der Waals surface area contributed by atoms with Crippen LogP contribution in [0.25, 0.3) is 11.0 Å². The molecule has 8 heteroatoms. The number of anilines is 2. The first-order valence-electron chi connectivity index (χ1n) is 9.71. The number of aromatic nitrogens is 4. The number of aliphatic hydroxyl groups is 1. The van der Waals surface area contributed by atoms with Crippen LogP contribution in [0.2, 0.25) is 0 Å². The number of hydrogen-bond donors (Lipinski definition) is 2. The summed E-state index contributed by atoms with van der Waals surface area (Å²) in [7, 11) is 2.03. The number of imidazole rings is 1. The Morgan fingerprint density at radius 3 is 2.82 bits per heavy atom. The smallest absolute Gasteiger partial charge is 0.227 e. The highest BCUT2D eigenvalue weighted by atomic mass is 16.5. The Kier molecular flexibility index (Phi) is 4.37. The van der Waals surface area contributed by atoms with E-state index in [4.69, 9.17) is 14.7 Å². The molecule has 0 amide bonds. The molecule has 0 radical (unpaired) electrons. The quantitative estimate of drug-likeness (QED) is 0.696. The van der Waals surface area contributed by atoms with Gasteiger partial charge < -0.3 is 24.6 Å². The van der Waals surface area contributed by atoms with Crippen LogP contribution in [0.5, 0.6) is 0 Å². The summed E-state index contributed by atoms with van der Waals surface area (Å²) in [5.74, 6) is 2.69. The Labute approximate surface area is 163 Å². The molecule has 28 heavy (non-hydrogen) atoms. The van der Waals surface area contributed by atoms with Crippen LogP contribution in [-0.2, 0) is 18.3 Å². The van der Waals surface area contributed by atoms with Gasteiger partial charge >= 0.3 is 0 Å². The number of hydrogen-bond acceptors (Lipinski definition) is 7. The average molecular weight is 380 g/mol. The molecular formula is C20H24N6O2. The minimum absolute atomic E-state index is 0.293. The number of rotatable bonds is 5. The summed E-state index contributed by atoms with van der Waals surface area (Å²) in [5, 5.41) is 13.1. The molecule has 0 spiro atoms. The molecule has 8 nitrogen and oxygen atoms in total. The maximum atomic E-state index is 9.64. The van der Waals surface area contributed by atoms with E-state index in [0.29, 0.717) is 38.1 Å². The lowest BCUT2D eigenvalue weighted by atomic mass is 10.0. The van der Waals surface area contributed by atoms with Gasteiger partial charge in [0.25, 0.3) is 0 Å².